The molecule has 0 radical (unpaired) electrons. The maximum atomic E-state index is 12.7. The first-order chi connectivity index (χ1) is 14.9. The number of rotatable bonds is 9. The highest BCUT2D eigenvalue weighted by atomic mass is 32.2. The SMILES string of the molecule is O=C(CCCCCN1C(=O)/C(=C/c2cccc([N+](=O)[O-])c2)SC1=S)Nc1ccccc1. The second-order valence-corrected chi connectivity index (χ2v) is 8.59. The monoisotopic (exact) mass is 455 g/mol. The molecule has 1 heterocycles. The molecule has 2 aromatic rings. The summed E-state index contributed by atoms with van der Waals surface area (Å²) in [5.41, 5.74) is 1.33. The molecule has 0 saturated carbocycles. The van der Waals surface area contributed by atoms with Crippen LogP contribution >= 0.6 is 24.0 Å². The molecule has 7 nitrogen and oxygen atoms in total. The molecule has 0 unspecified atom stereocenters. The molecule has 2 amide bonds. The average Bonchev–Trinajstić information content (AvgIpc) is 3.01. The van der Waals surface area contributed by atoms with Gasteiger partial charge in [0.25, 0.3) is 11.6 Å². The molecule has 1 aliphatic heterocycles. The molecule has 1 fully saturated rings. The van der Waals surface area contributed by atoms with E-state index in [1.165, 1.54) is 23.9 Å². The van der Waals surface area contributed by atoms with E-state index in [9.17, 15) is 19.7 Å². The number of benzene rings is 2. The standard InChI is InChI=1S/C22H21N3O4S2/c26-20(23-17-9-3-1-4-10-17)12-5-2-6-13-24-21(27)19(31-22(24)30)15-16-8-7-11-18(14-16)25(28)29/h1,3-4,7-11,14-15H,2,5-6,12-13H2,(H,23,26)/b19-15-. The molecule has 0 aliphatic carbocycles. The van der Waals surface area contributed by atoms with Crippen LogP contribution in [0.25, 0.3) is 6.08 Å². The number of hydrogen-bond donors (Lipinski definition) is 1. The van der Waals surface area contributed by atoms with Gasteiger partial charge >= 0.3 is 0 Å². The fraction of sp³-hybridized carbons (Fsp3) is 0.227. The lowest BCUT2D eigenvalue weighted by molar-refractivity contribution is -0.384. The molecular weight excluding hydrogens is 434 g/mol. The summed E-state index contributed by atoms with van der Waals surface area (Å²) < 4.78 is 0.475. The summed E-state index contributed by atoms with van der Waals surface area (Å²) in [5, 5.41) is 13.8. The van der Waals surface area contributed by atoms with E-state index in [1.807, 2.05) is 30.3 Å². The highest BCUT2D eigenvalue weighted by molar-refractivity contribution is 8.26. The molecule has 0 bridgehead atoms. The van der Waals surface area contributed by atoms with Crippen LogP contribution in [0.3, 0.4) is 0 Å². The third-order valence-corrected chi connectivity index (χ3v) is 5.97. The van der Waals surface area contributed by atoms with Crippen LogP contribution in [-0.2, 0) is 9.59 Å². The summed E-state index contributed by atoms with van der Waals surface area (Å²) in [4.78, 5) is 37.1. The molecule has 0 aromatic heterocycles. The van der Waals surface area contributed by atoms with Gasteiger partial charge in [-0.1, -0.05) is 60.7 Å². The van der Waals surface area contributed by atoms with Crippen molar-refractivity contribution in [3.63, 3.8) is 0 Å². The van der Waals surface area contributed by atoms with Crippen LogP contribution in [0.2, 0.25) is 0 Å². The van der Waals surface area contributed by atoms with Crippen LogP contribution in [0.1, 0.15) is 31.2 Å². The van der Waals surface area contributed by atoms with Gasteiger partial charge in [-0.25, -0.2) is 0 Å². The number of anilines is 1. The third kappa shape index (κ3) is 6.47. The lowest BCUT2D eigenvalue weighted by Gasteiger charge is -2.14. The van der Waals surface area contributed by atoms with Crippen molar-refractivity contribution in [3.05, 3.63) is 75.2 Å². The topological polar surface area (TPSA) is 92.5 Å². The Morgan fingerprint density at radius 1 is 1.13 bits per heavy atom. The number of non-ortho nitro benzene ring substituents is 1. The molecule has 3 rings (SSSR count). The van der Waals surface area contributed by atoms with Crippen molar-refractivity contribution in [2.24, 2.45) is 0 Å². The van der Waals surface area contributed by atoms with Crippen molar-refractivity contribution in [2.75, 3.05) is 11.9 Å². The number of carbonyl (C=O) groups is 2. The highest BCUT2D eigenvalue weighted by Crippen LogP contribution is 2.33. The predicted molar refractivity (Wildman–Crippen MR) is 127 cm³/mol. The van der Waals surface area contributed by atoms with Crippen LogP contribution in [0.5, 0.6) is 0 Å². The predicted octanol–water partition coefficient (Wildman–Crippen LogP) is 5.00. The lowest BCUT2D eigenvalue weighted by atomic mass is 10.1. The maximum Gasteiger partial charge on any atom is 0.270 e. The van der Waals surface area contributed by atoms with Gasteiger partial charge in [-0.05, 0) is 36.6 Å². The number of thiocarbonyl (C=S) groups is 1. The molecule has 2 aromatic carbocycles. The largest absolute Gasteiger partial charge is 0.326 e. The number of unbranched alkanes of at least 4 members (excludes halogenated alkanes) is 2. The Hall–Kier alpha value is -3.04. The van der Waals surface area contributed by atoms with Gasteiger partial charge in [0, 0.05) is 30.8 Å². The summed E-state index contributed by atoms with van der Waals surface area (Å²) in [6.45, 7) is 0.483. The van der Waals surface area contributed by atoms with Gasteiger partial charge in [0.1, 0.15) is 4.32 Å². The van der Waals surface area contributed by atoms with E-state index in [0.717, 1.165) is 24.9 Å². The van der Waals surface area contributed by atoms with Crippen molar-refractivity contribution in [1.29, 1.82) is 0 Å². The van der Waals surface area contributed by atoms with Gasteiger partial charge in [0.05, 0.1) is 9.83 Å². The number of nitro benzene ring substituents is 1. The normalized spacial score (nSPS) is 14.8. The van der Waals surface area contributed by atoms with Gasteiger partial charge in [0.15, 0.2) is 0 Å². The lowest BCUT2D eigenvalue weighted by Crippen LogP contribution is -2.29. The average molecular weight is 456 g/mol. The number of thioether (sulfide) groups is 1. The maximum absolute atomic E-state index is 12.7. The van der Waals surface area contributed by atoms with E-state index in [4.69, 9.17) is 12.2 Å². The van der Waals surface area contributed by atoms with E-state index in [2.05, 4.69) is 5.32 Å². The van der Waals surface area contributed by atoms with Crippen LogP contribution in [0.15, 0.2) is 59.5 Å². The first kappa shape index (κ1) is 22.6. The minimum Gasteiger partial charge on any atom is -0.326 e. The zero-order valence-electron chi connectivity index (χ0n) is 16.7. The minimum absolute atomic E-state index is 0.0273. The molecule has 1 aliphatic rings. The molecular formula is C22H21N3O4S2. The Morgan fingerprint density at radius 2 is 1.90 bits per heavy atom. The van der Waals surface area contributed by atoms with Gasteiger partial charge in [-0.15, -0.1) is 0 Å². The summed E-state index contributed by atoms with van der Waals surface area (Å²) in [7, 11) is 0. The van der Waals surface area contributed by atoms with E-state index >= 15 is 0 Å². The van der Waals surface area contributed by atoms with Crippen molar-refractivity contribution < 1.29 is 14.5 Å². The molecule has 9 heteroatoms. The van der Waals surface area contributed by atoms with Crippen LogP contribution in [0, 0.1) is 10.1 Å². The zero-order chi connectivity index (χ0) is 22.2. The number of nitrogens with zero attached hydrogens (tertiary/aromatic N) is 2. The fourth-order valence-electron chi connectivity index (χ4n) is 3.05. The molecule has 0 atom stereocenters. The number of nitro groups is 1. The Bertz CT molecular complexity index is 1020. The van der Waals surface area contributed by atoms with Gasteiger partial charge in [-0.3, -0.25) is 24.6 Å². The number of hydrogen-bond acceptors (Lipinski definition) is 6. The molecule has 1 saturated heterocycles. The summed E-state index contributed by atoms with van der Waals surface area (Å²) in [6.07, 6.45) is 4.29. The third-order valence-electron chi connectivity index (χ3n) is 4.60. The van der Waals surface area contributed by atoms with Crippen molar-refractivity contribution in [2.45, 2.75) is 25.7 Å². The minimum atomic E-state index is -0.470. The van der Waals surface area contributed by atoms with Crippen LogP contribution < -0.4 is 5.32 Å². The van der Waals surface area contributed by atoms with Gasteiger partial charge in [0.2, 0.25) is 5.91 Å². The summed E-state index contributed by atoms with van der Waals surface area (Å²) in [6, 6.07) is 15.4. The zero-order valence-corrected chi connectivity index (χ0v) is 18.3. The quantitative estimate of drug-likeness (QED) is 0.188. The second-order valence-electron chi connectivity index (χ2n) is 6.91. The van der Waals surface area contributed by atoms with E-state index in [-0.39, 0.29) is 17.5 Å². The number of amides is 2. The Balaban J connectivity index is 1.45. The first-order valence-corrected chi connectivity index (χ1v) is 11.0. The molecule has 1 N–H and O–H groups in total. The molecule has 0 spiro atoms. The number of carbonyl (C=O) groups excluding carboxylic acids is 2. The summed E-state index contributed by atoms with van der Waals surface area (Å²) in [5.74, 6) is -0.222. The van der Waals surface area contributed by atoms with Crippen LogP contribution in [0.4, 0.5) is 11.4 Å². The Morgan fingerprint density at radius 3 is 2.65 bits per heavy atom. The molecule has 31 heavy (non-hydrogen) atoms. The van der Waals surface area contributed by atoms with E-state index < -0.39 is 4.92 Å². The van der Waals surface area contributed by atoms with E-state index in [0.29, 0.717) is 27.8 Å². The summed E-state index contributed by atoms with van der Waals surface area (Å²) >= 11 is 6.52. The van der Waals surface area contributed by atoms with Crippen LogP contribution in [-0.4, -0.2) is 32.5 Å². The van der Waals surface area contributed by atoms with Crippen molar-refractivity contribution >= 4 is 57.6 Å². The number of para-hydroxylation sites is 1. The van der Waals surface area contributed by atoms with Gasteiger partial charge in [-0.2, -0.15) is 0 Å². The molecule has 160 valence electrons. The van der Waals surface area contributed by atoms with Gasteiger partial charge < -0.3 is 5.32 Å². The van der Waals surface area contributed by atoms with E-state index in [1.54, 1.807) is 23.1 Å². The van der Waals surface area contributed by atoms with Crippen molar-refractivity contribution in [1.82, 2.24) is 4.90 Å². The Labute approximate surface area is 189 Å². The highest BCUT2D eigenvalue weighted by Gasteiger charge is 2.31. The Kier molecular flexibility index (Phi) is 7.91. The van der Waals surface area contributed by atoms with Crippen molar-refractivity contribution in [3.8, 4) is 0 Å². The fourth-order valence-corrected chi connectivity index (χ4v) is 4.36. The second kappa shape index (κ2) is 10.8. The first-order valence-electron chi connectivity index (χ1n) is 9.79. The number of nitrogens with one attached hydrogen (secondary N) is 1. The smallest absolute Gasteiger partial charge is 0.270 e.